The number of ether oxygens (including phenoxy) is 2. The van der Waals surface area contributed by atoms with Gasteiger partial charge in [0.1, 0.15) is 0 Å². The fourth-order valence-electron chi connectivity index (χ4n) is 3.67. The molecule has 3 aromatic rings. The van der Waals surface area contributed by atoms with Crippen LogP contribution in [0, 0.1) is 18.8 Å². The van der Waals surface area contributed by atoms with Crippen molar-refractivity contribution in [1.29, 1.82) is 0 Å². The fraction of sp³-hybridized carbons (Fsp3) is 0.231. The Morgan fingerprint density at radius 2 is 1.46 bits per heavy atom. The van der Waals surface area contributed by atoms with Gasteiger partial charge in [-0.1, -0.05) is 54.1 Å². The molecule has 0 aliphatic rings. The average Bonchev–Trinajstić information content (AvgIpc) is 2.86. The number of methoxy groups -OCH3 is 2. The Balaban J connectivity index is 2.24. The summed E-state index contributed by atoms with van der Waals surface area (Å²) in [6.07, 6.45) is -4.65. The second-order valence-electron chi connectivity index (χ2n) is 8.15. The van der Waals surface area contributed by atoms with Crippen molar-refractivity contribution >= 4 is 38.4 Å². The van der Waals surface area contributed by atoms with E-state index < -0.39 is 45.7 Å². The topological polar surface area (TPSA) is 98.8 Å². The van der Waals surface area contributed by atoms with Crippen molar-refractivity contribution in [3.05, 3.63) is 83.9 Å². The quantitative estimate of drug-likeness (QED) is 0.334. The van der Waals surface area contributed by atoms with Crippen LogP contribution in [0.15, 0.2) is 77.7 Å². The van der Waals surface area contributed by atoms with Crippen molar-refractivity contribution in [2.45, 2.75) is 18.0 Å². The van der Waals surface area contributed by atoms with E-state index in [1.807, 2.05) is 0 Å². The van der Waals surface area contributed by atoms with Crippen molar-refractivity contribution in [2.75, 3.05) is 14.2 Å². The predicted octanol–water partition coefficient (Wildman–Crippen LogP) is 4.61. The molecule has 0 aromatic heterocycles. The zero-order valence-electron chi connectivity index (χ0n) is 20.1. The average molecular weight is 536 g/mol. The number of allylic oxidation sites excluding steroid dienone is 1. The van der Waals surface area contributed by atoms with Gasteiger partial charge in [0.15, 0.2) is 5.92 Å². The number of sulfonamides is 1. The number of benzene rings is 3. The number of hydrogen-bond donors (Lipinski definition) is 1. The number of halogens is 3. The Morgan fingerprint density at radius 3 is 2.00 bits per heavy atom. The first-order valence-electron chi connectivity index (χ1n) is 10.9. The standard InChI is InChI=1S/C26H24F3NO6S/c1-16-8-12-20(13-9-16)37(33,34)30-22(19-11-10-17-6-4-5-7-18(17)14-19)15-21(26(27,28)29)23(24(31)35-2)25(32)36-3/h4-15,21,23,30H,1-3H3/b22-15+/t21-/m0/s1. The molecular weight excluding hydrogens is 511 g/mol. The minimum Gasteiger partial charge on any atom is -0.468 e. The minimum atomic E-state index is -5.15. The number of nitrogens with one attached hydrogen (secondary N) is 1. The highest BCUT2D eigenvalue weighted by molar-refractivity contribution is 7.89. The molecule has 37 heavy (non-hydrogen) atoms. The summed E-state index contributed by atoms with van der Waals surface area (Å²) in [6, 6.07) is 17.2. The highest BCUT2D eigenvalue weighted by atomic mass is 32.2. The zero-order valence-corrected chi connectivity index (χ0v) is 20.9. The van der Waals surface area contributed by atoms with Gasteiger partial charge in [-0.15, -0.1) is 0 Å². The smallest absolute Gasteiger partial charge is 0.396 e. The second-order valence-corrected chi connectivity index (χ2v) is 9.83. The summed E-state index contributed by atoms with van der Waals surface area (Å²) in [4.78, 5) is 24.3. The van der Waals surface area contributed by atoms with E-state index in [1.165, 1.54) is 36.4 Å². The molecule has 0 amide bonds. The molecule has 0 radical (unpaired) electrons. The van der Waals surface area contributed by atoms with Crippen LogP contribution in [0.25, 0.3) is 16.5 Å². The van der Waals surface area contributed by atoms with Gasteiger partial charge in [-0.25, -0.2) is 8.42 Å². The number of carbonyl (C=O) groups excluding carboxylic acids is 2. The summed E-state index contributed by atoms with van der Waals surface area (Å²) in [7, 11) is -2.70. The summed E-state index contributed by atoms with van der Waals surface area (Å²) in [5.41, 5.74) is 0.379. The van der Waals surface area contributed by atoms with E-state index >= 15 is 0 Å². The van der Waals surface area contributed by atoms with Gasteiger partial charge in [-0.3, -0.25) is 14.3 Å². The van der Waals surface area contributed by atoms with Crippen LogP contribution in [-0.4, -0.2) is 40.8 Å². The Kier molecular flexibility index (Phi) is 8.27. The number of hydrogen-bond acceptors (Lipinski definition) is 6. The zero-order chi connectivity index (χ0) is 27.4. The van der Waals surface area contributed by atoms with E-state index in [9.17, 15) is 31.2 Å². The van der Waals surface area contributed by atoms with E-state index in [1.54, 1.807) is 37.3 Å². The number of fused-ring (bicyclic) bond motifs is 1. The number of aryl methyl sites for hydroxylation is 1. The van der Waals surface area contributed by atoms with Crippen LogP contribution in [0.5, 0.6) is 0 Å². The van der Waals surface area contributed by atoms with Crippen molar-refractivity contribution in [1.82, 2.24) is 4.72 Å². The maximum atomic E-state index is 14.3. The molecule has 1 N–H and O–H groups in total. The lowest BCUT2D eigenvalue weighted by Gasteiger charge is -2.24. The van der Waals surface area contributed by atoms with Crippen molar-refractivity contribution in [2.24, 2.45) is 11.8 Å². The predicted molar refractivity (Wildman–Crippen MR) is 130 cm³/mol. The molecule has 0 saturated carbocycles. The molecular formula is C26H24F3NO6S. The third-order valence-corrected chi connectivity index (χ3v) is 7.01. The third-order valence-electron chi connectivity index (χ3n) is 5.63. The molecule has 0 saturated heterocycles. The first-order chi connectivity index (χ1) is 17.4. The monoisotopic (exact) mass is 535 g/mol. The molecule has 11 heteroatoms. The molecule has 3 rings (SSSR count). The Hall–Kier alpha value is -3.86. The fourth-order valence-corrected chi connectivity index (χ4v) is 4.76. The Morgan fingerprint density at radius 1 is 0.892 bits per heavy atom. The van der Waals surface area contributed by atoms with Gasteiger partial charge in [0.2, 0.25) is 0 Å². The summed E-state index contributed by atoms with van der Waals surface area (Å²) in [6.45, 7) is 1.75. The van der Waals surface area contributed by atoms with E-state index in [0.717, 1.165) is 25.2 Å². The Labute approximate surface area is 211 Å². The van der Waals surface area contributed by atoms with Gasteiger partial charge in [-0.05, 0) is 47.5 Å². The molecule has 0 unspecified atom stereocenters. The van der Waals surface area contributed by atoms with E-state index in [0.29, 0.717) is 11.5 Å². The number of alkyl halides is 3. The van der Waals surface area contributed by atoms with Crippen LogP contribution in [0.1, 0.15) is 11.1 Å². The van der Waals surface area contributed by atoms with Crippen LogP contribution < -0.4 is 4.72 Å². The maximum Gasteiger partial charge on any atom is 0.396 e. The van der Waals surface area contributed by atoms with Gasteiger partial charge < -0.3 is 9.47 Å². The lowest BCUT2D eigenvalue weighted by atomic mass is 9.89. The van der Waals surface area contributed by atoms with Crippen LogP contribution in [0.2, 0.25) is 0 Å². The number of carbonyl (C=O) groups is 2. The summed E-state index contributed by atoms with van der Waals surface area (Å²) < 4.78 is 80.1. The Bertz CT molecular complexity index is 1420. The molecule has 0 aliphatic carbocycles. The van der Waals surface area contributed by atoms with Gasteiger partial charge in [0, 0.05) is 0 Å². The molecule has 0 spiro atoms. The normalized spacial score (nSPS) is 13.3. The highest BCUT2D eigenvalue weighted by Crippen LogP contribution is 2.37. The molecule has 0 aliphatic heterocycles. The van der Waals surface area contributed by atoms with E-state index in [4.69, 9.17) is 0 Å². The lowest BCUT2D eigenvalue weighted by molar-refractivity contribution is -0.194. The summed E-state index contributed by atoms with van der Waals surface area (Å²) in [5, 5.41) is 1.39. The number of rotatable bonds is 8. The SMILES string of the molecule is COC(=O)C(C(=O)OC)[C@H](/C=C(/NS(=O)(=O)c1ccc(C)cc1)c1ccc2ccccc2c1)C(F)(F)F. The first kappa shape index (κ1) is 27.7. The maximum absolute atomic E-state index is 14.3. The summed E-state index contributed by atoms with van der Waals surface area (Å²) in [5.74, 6) is -8.15. The molecule has 1 atom stereocenters. The molecule has 196 valence electrons. The largest absolute Gasteiger partial charge is 0.468 e. The van der Waals surface area contributed by atoms with Crippen molar-refractivity contribution in [3.8, 4) is 0 Å². The lowest BCUT2D eigenvalue weighted by Crippen LogP contribution is -2.40. The number of esters is 2. The second kappa shape index (κ2) is 11.0. The van der Waals surface area contributed by atoms with Crippen LogP contribution in [0.3, 0.4) is 0 Å². The van der Waals surface area contributed by atoms with Gasteiger partial charge >= 0.3 is 18.1 Å². The van der Waals surface area contributed by atoms with Gasteiger partial charge in [-0.2, -0.15) is 13.2 Å². The van der Waals surface area contributed by atoms with Gasteiger partial charge in [0.05, 0.1) is 30.7 Å². The van der Waals surface area contributed by atoms with Crippen molar-refractivity contribution in [3.63, 3.8) is 0 Å². The molecule has 7 nitrogen and oxygen atoms in total. The molecule has 0 heterocycles. The summed E-state index contributed by atoms with van der Waals surface area (Å²) >= 11 is 0. The highest BCUT2D eigenvalue weighted by Gasteiger charge is 2.51. The van der Waals surface area contributed by atoms with Gasteiger partial charge in [0.25, 0.3) is 10.0 Å². The van der Waals surface area contributed by atoms with Crippen LogP contribution in [0.4, 0.5) is 13.2 Å². The van der Waals surface area contributed by atoms with E-state index in [-0.39, 0.29) is 10.5 Å². The molecule has 3 aromatic carbocycles. The van der Waals surface area contributed by atoms with Crippen LogP contribution in [-0.2, 0) is 29.1 Å². The van der Waals surface area contributed by atoms with Crippen LogP contribution >= 0.6 is 0 Å². The van der Waals surface area contributed by atoms with E-state index in [2.05, 4.69) is 14.2 Å². The molecule has 0 fully saturated rings. The minimum absolute atomic E-state index is 0.0807. The first-order valence-corrected chi connectivity index (χ1v) is 12.4. The van der Waals surface area contributed by atoms with Crippen molar-refractivity contribution < 1.29 is 40.7 Å². The third kappa shape index (κ3) is 6.48. The molecule has 0 bridgehead atoms.